The molecule has 0 spiro atoms. The number of nitrogens with zero attached hydrogens (tertiary/aromatic N) is 1. The van der Waals surface area contributed by atoms with Gasteiger partial charge in [-0.3, -0.25) is 4.98 Å². The van der Waals surface area contributed by atoms with Crippen molar-refractivity contribution in [2.75, 3.05) is 6.54 Å². The maximum atomic E-state index is 10.3. The monoisotopic (exact) mass is 312 g/mol. The molecule has 2 atom stereocenters. The smallest absolute Gasteiger partial charge is 0.0914 e. The van der Waals surface area contributed by atoms with Gasteiger partial charge >= 0.3 is 0 Å². The highest BCUT2D eigenvalue weighted by molar-refractivity contribution is 7.17. The van der Waals surface area contributed by atoms with Crippen LogP contribution in [0.5, 0.6) is 0 Å². The van der Waals surface area contributed by atoms with Gasteiger partial charge in [-0.2, -0.15) is 0 Å². The molecule has 3 nitrogen and oxygen atoms in total. The predicted molar refractivity (Wildman–Crippen MR) is 92.2 cm³/mol. The van der Waals surface area contributed by atoms with Crippen LogP contribution in [0.25, 0.3) is 10.2 Å². The molecule has 3 rings (SSSR count). The van der Waals surface area contributed by atoms with E-state index in [1.54, 1.807) is 11.3 Å². The minimum absolute atomic E-state index is 0.151. The summed E-state index contributed by atoms with van der Waals surface area (Å²) >= 11 is 1.70. The highest BCUT2D eigenvalue weighted by Crippen LogP contribution is 2.23. The summed E-state index contributed by atoms with van der Waals surface area (Å²) in [5.41, 5.74) is 4.30. The molecule has 0 fully saturated rings. The first-order chi connectivity index (χ1) is 10.6. The molecule has 0 aliphatic heterocycles. The van der Waals surface area contributed by atoms with Crippen molar-refractivity contribution in [1.29, 1.82) is 0 Å². The lowest BCUT2D eigenvalue weighted by molar-refractivity contribution is 0.170. The van der Waals surface area contributed by atoms with E-state index in [2.05, 4.69) is 28.7 Å². The Balaban J connectivity index is 1.65. The van der Waals surface area contributed by atoms with Gasteiger partial charge in [0.2, 0.25) is 0 Å². The van der Waals surface area contributed by atoms with Crippen molar-refractivity contribution in [1.82, 2.24) is 10.3 Å². The number of aliphatic hydroxyl groups excluding tert-OH is 1. The summed E-state index contributed by atoms with van der Waals surface area (Å²) in [6.07, 6.45) is 1.41. The summed E-state index contributed by atoms with van der Waals surface area (Å²) < 4.78 is 1.20. The summed E-state index contributed by atoms with van der Waals surface area (Å²) in [5.74, 6) is 0. The first-order valence-corrected chi connectivity index (χ1v) is 8.32. The molecule has 0 bridgehead atoms. The molecule has 0 saturated carbocycles. The van der Waals surface area contributed by atoms with Crippen molar-refractivity contribution in [2.24, 2.45) is 0 Å². The summed E-state index contributed by atoms with van der Waals surface area (Å²) in [5, 5.41) is 15.7. The van der Waals surface area contributed by atoms with Gasteiger partial charge < -0.3 is 10.4 Å². The molecule has 1 aromatic carbocycles. The third kappa shape index (κ3) is 3.35. The first kappa shape index (κ1) is 15.2. The quantitative estimate of drug-likeness (QED) is 0.749. The average molecular weight is 312 g/mol. The number of pyridine rings is 1. The lowest BCUT2D eigenvalue weighted by Gasteiger charge is -2.18. The van der Waals surface area contributed by atoms with Crippen LogP contribution >= 0.6 is 11.3 Å². The second-order valence-electron chi connectivity index (χ2n) is 5.63. The predicted octanol–water partition coefficient (Wildman–Crippen LogP) is 3.99. The highest BCUT2D eigenvalue weighted by Gasteiger charge is 2.11. The Bertz CT molecular complexity index is 768. The number of nitrogens with one attached hydrogen (secondary N) is 1. The fourth-order valence-electron chi connectivity index (χ4n) is 2.50. The van der Waals surface area contributed by atoms with Crippen LogP contribution < -0.4 is 5.32 Å². The number of aromatic nitrogens is 1. The molecule has 0 amide bonds. The summed E-state index contributed by atoms with van der Waals surface area (Å²) in [4.78, 5) is 4.47. The normalized spacial score (nSPS) is 14.1. The standard InChI is InChI=1S/C18H20N2OS/c1-12-4-3-5-14(8-12)17(21)11-19-13(2)15-9-18-16(20-10-15)6-7-22-18/h3-10,13,17,19,21H,11H2,1-2H3. The summed E-state index contributed by atoms with van der Waals surface area (Å²) in [6, 6.07) is 12.4. The number of rotatable bonds is 5. The van der Waals surface area contributed by atoms with Crippen LogP contribution in [0.15, 0.2) is 48.0 Å². The molecule has 2 unspecified atom stereocenters. The van der Waals surface area contributed by atoms with Crippen molar-refractivity contribution in [3.05, 3.63) is 64.7 Å². The SMILES string of the molecule is Cc1cccc(C(O)CNC(C)c2cnc3ccsc3c2)c1. The van der Waals surface area contributed by atoms with E-state index >= 15 is 0 Å². The Morgan fingerprint density at radius 3 is 2.91 bits per heavy atom. The number of hydrogen-bond donors (Lipinski definition) is 2. The van der Waals surface area contributed by atoms with Gasteiger partial charge in [-0.05, 0) is 42.5 Å². The molecule has 0 radical (unpaired) electrons. The number of fused-ring (bicyclic) bond motifs is 1. The number of aliphatic hydroxyl groups is 1. The zero-order valence-corrected chi connectivity index (χ0v) is 13.6. The average Bonchev–Trinajstić information content (AvgIpc) is 2.99. The fraction of sp³-hybridized carbons (Fsp3) is 0.278. The molecule has 2 N–H and O–H groups in total. The maximum absolute atomic E-state index is 10.3. The number of hydrogen-bond acceptors (Lipinski definition) is 4. The largest absolute Gasteiger partial charge is 0.387 e. The summed E-state index contributed by atoms with van der Waals surface area (Å²) in [7, 11) is 0. The third-order valence-corrected chi connectivity index (χ3v) is 4.72. The molecule has 2 aromatic heterocycles. The van der Waals surface area contributed by atoms with Gasteiger partial charge in [0.1, 0.15) is 0 Å². The minimum atomic E-state index is -0.499. The Morgan fingerprint density at radius 2 is 2.09 bits per heavy atom. The van der Waals surface area contributed by atoms with E-state index in [1.165, 1.54) is 4.70 Å². The van der Waals surface area contributed by atoms with E-state index in [1.807, 2.05) is 43.5 Å². The molecule has 0 aliphatic carbocycles. The second-order valence-corrected chi connectivity index (χ2v) is 6.58. The number of aryl methyl sites for hydroxylation is 1. The van der Waals surface area contributed by atoms with Crippen molar-refractivity contribution < 1.29 is 5.11 Å². The van der Waals surface area contributed by atoms with Gasteiger partial charge in [-0.1, -0.05) is 29.8 Å². The number of thiophene rings is 1. The summed E-state index contributed by atoms with van der Waals surface area (Å²) in [6.45, 7) is 4.65. The highest BCUT2D eigenvalue weighted by atomic mass is 32.1. The molecule has 4 heteroatoms. The van der Waals surface area contributed by atoms with Crippen LogP contribution in [0.1, 0.15) is 35.8 Å². The molecule has 3 aromatic rings. The Kier molecular flexibility index (Phi) is 4.52. The molecule has 0 aliphatic rings. The Labute approximate surface area is 134 Å². The van der Waals surface area contributed by atoms with Gasteiger partial charge in [-0.15, -0.1) is 11.3 Å². The van der Waals surface area contributed by atoms with Crippen molar-refractivity contribution in [2.45, 2.75) is 26.0 Å². The zero-order valence-electron chi connectivity index (χ0n) is 12.8. The fourth-order valence-corrected chi connectivity index (χ4v) is 3.29. The van der Waals surface area contributed by atoms with Gasteiger partial charge in [0.15, 0.2) is 0 Å². The second kappa shape index (κ2) is 6.57. The molecular formula is C18H20N2OS. The van der Waals surface area contributed by atoms with E-state index in [-0.39, 0.29) is 6.04 Å². The van der Waals surface area contributed by atoms with Crippen LogP contribution in [0, 0.1) is 6.92 Å². The third-order valence-electron chi connectivity index (χ3n) is 3.87. The molecular weight excluding hydrogens is 292 g/mol. The van der Waals surface area contributed by atoms with Gasteiger partial charge in [0.05, 0.1) is 16.3 Å². The van der Waals surface area contributed by atoms with E-state index < -0.39 is 6.10 Å². The minimum Gasteiger partial charge on any atom is -0.387 e. The van der Waals surface area contributed by atoms with E-state index in [0.29, 0.717) is 6.54 Å². The number of benzene rings is 1. The molecule has 2 heterocycles. The maximum Gasteiger partial charge on any atom is 0.0914 e. The van der Waals surface area contributed by atoms with E-state index in [9.17, 15) is 5.11 Å². The van der Waals surface area contributed by atoms with Gasteiger partial charge in [0.25, 0.3) is 0 Å². The molecule has 114 valence electrons. The lowest BCUT2D eigenvalue weighted by Crippen LogP contribution is -2.24. The molecule has 22 heavy (non-hydrogen) atoms. The zero-order chi connectivity index (χ0) is 15.5. The Morgan fingerprint density at radius 1 is 1.23 bits per heavy atom. The van der Waals surface area contributed by atoms with Crippen molar-refractivity contribution >= 4 is 21.6 Å². The van der Waals surface area contributed by atoms with Crippen molar-refractivity contribution in [3.8, 4) is 0 Å². The van der Waals surface area contributed by atoms with E-state index in [4.69, 9.17) is 0 Å². The van der Waals surface area contributed by atoms with E-state index in [0.717, 1.165) is 22.2 Å². The molecule has 0 saturated heterocycles. The van der Waals surface area contributed by atoms with Crippen molar-refractivity contribution in [3.63, 3.8) is 0 Å². The van der Waals surface area contributed by atoms with Crippen LogP contribution in [0.4, 0.5) is 0 Å². The first-order valence-electron chi connectivity index (χ1n) is 7.44. The van der Waals surface area contributed by atoms with Crippen LogP contribution in [-0.4, -0.2) is 16.6 Å². The van der Waals surface area contributed by atoms with Gasteiger partial charge in [-0.25, -0.2) is 0 Å². The van der Waals surface area contributed by atoms with Crippen LogP contribution in [-0.2, 0) is 0 Å². The van der Waals surface area contributed by atoms with Gasteiger partial charge in [0, 0.05) is 18.8 Å². The Hall–Kier alpha value is -1.75. The van der Waals surface area contributed by atoms with Crippen LogP contribution in [0.3, 0.4) is 0 Å². The van der Waals surface area contributed by atoms with Crippen LogP contribution in [0.2, 0.25) is 0 Å². The topological polar surface area (TPSA) is 45.1 Å². The lowest BCUT2D eigenvalue weighted by atomic mass is 10.1.